The Morgan fingerprint density at radius 2 is 2.00 bits per heavy atom. The maximum absolute atomic E-state index is 11.4. The Morgan fingerprint density at radius 3 is 2.38 bits per heavy atom. The van der Waals surface area contributed by atoms with Crippen molar-refractivity contribution < 1.29 is 4.79 Å². The van der Waals surface area contributed by atoms with Crippen molar-refractivity contribution in [3.8, 4) is 0 Å². The summed E-state index contributed by atoms with van der Waals surface area (Å²) in [4.78, 5) is 11.4. The molecule has 3 atom stereocenters. The summed E-state index contributed by atoms with van der Waals surface area (Å²) in [7, 11) is 0. The average Bonchev–Trinajstić information content (AvgIpc) is 2.44. The second kappa shape index (κ2) is 5.33. The van der Waals surface area contributed by atoms with E-state index in [2.05, 4.69) is 27.7 Å². The molecule has 1 aliphatic carbocycles. The van der Waals surface area contributed by atoms with Gasteiger partial charge in [0.2, 0.25) is 0 Å². The average molecular weight is 224 g/mol. The lowest BCUT2D eigenvalue weighted by atomic mass is 9.73. The van der Waals surface area contributed by atoms with Gasteiger partial charge in [0.05, 0.1) is 0 Å². The standard InChI is InChI=1S/C15H28O/c1-6-13(12(3)16)8-10-14-9-7-11(2)15(14,4)5/h11,13-14H,6-10H2,1-5H3/t11?,13?,14-/m1/s1. The van der Waals surface area contributed by atoms with E-state index < -0.39 is 0 Å². The fraction of sp³-hybridized carbons (Fsp3) is 0.933. The minimum atomic E-state index is 0.312. The van der Waals surface area contributed by atoms with Gasteiger partial charge in [-0.05, 0) is 56.3 Å². The molecule has 1 rings (SSSR count). The van der Waals surface area contributed by atoms with Gasteiger partial charge in [0.15, 0.2) is 0 Å². The first kappa shape index (κ1) is 13.7. The topological polar surface area (TPSA) is 17.1 Å². The van der Waals surface area contributed by atoms with Crippen LogP contribution in [0, 0.1) is 23.2 Å². The van der Waals surface area contributed by atoms with Gasteiger partial charge in [-0.1, -0.05) is 27.7 Å². The Balaban J connectivity index is 2.47. The van der Waals surface area contributed by atoms with Crippen molar-refractivity contribution in [1.82, 2.24) is 0 Å². The Hall–Kier alpha value is -0.330. The molecule has 0 amide bonds. The van der Waals surface area contributed by atoms with Crippen molar-refractivity contribution in [3.05, 3.63) is 0 Å². The van der Waals surface area contributed by atoms with Gasteiger partial charge in [-0.3, -0.25) is 4.79 Å². The monoisotopic (exact) mass is 224 g/mol. The number of ketones is 1. The van der Waals surface area contributed by atoms with Crippen molar-refractivity contribution in [2.24, 2.45) is 23.2 Å². The van der Waals surface area contributed by atoms with Crippen molar-refractivity contribution in [2.45, 2.75) is 66.7 Å². The van der Waals surface area contributed by atoms with Crippen LogP contribution in [0.1, 0.15) is 66.7 Å². The highest BCUT2D eigenvalue weighted by atomic mass is 16.1. The second-order valence-electron chi connectivity index (χ2n) is 6.29. The summed E-state index contributed by atoms with van der Waals surface area (Å²) in [6.45, 7) is 11.1. The van der Waals surface area contributed by atoms with E-state index in [1.807, 2.05) is 0 Å². The quantitative estimate of drug-likeness (QED) is 0.674. The highest BCUT2D eigenvalue weighted by Gasteiger charge is 2.39. The van der Waals surface area contributed by atoms with E-state index in [1.54, 1.807) is 6.92 Å². The van der Waals surface area contributed by atoms with E-state index in [1.165, 1.54) is 19.3 Å². The molecular formula is C15H28O. The number of carbonyl (C=O) groups excluding carboxylic acids is 1. The van der Waals surface area contributed by atoms with Crippen LogP contribution in [0.2, 0.25) is 0 Å². The van der Waals surface area contributed by atoms with Crippen LogP contribution in [0.15, 0.2) is 0 Å². The Morgan fingerprint density at radius 1 is 1.38 bits per heavy atom. The normalized spacial score (nSPS) is 30.3. The summed E-state index contributed by atoms with van der Waals surface area (Å²) in [5.74, 6) is 2.36. The first-order valence-corrected chi connectivity index (χ1v) is 6.90. The van der Waals surface area contributed by atoms with Crippen LogP contribution in [0.4, 0.5) is 0 Å². The molecule has 0 aromatic carbocycles. The van der Waals surface area contributed by atoms with Crippen molar-refractivity contribution >= 4 is 5.78 Å². The summed E-state index contributed by atoms with van der Waals surface area (Å²) >= 11 is 0. The summed E-state index contributed by atoms with van der Waals surface area (Å²) < 4.78 is 0. The minimum Gasteiger partial charge on any atom is -0.300 e. The molecule has 0 saturated heterocycles. The molecule has 94 valence electrons. The molecule has 1 aliphatic rings. The lowest BCUT2D eigenvalue weighted by Crippen LogP contribution is -2.24. The Bertz CT molecular complexity index is 242. The zero-order chi connectivity index (χ0) is 12.3. The molecular weight excluding hydrogens is 196 g/mol. The number of hydrogen-bond donors (Lipinski definition) is 0. The zero-order valence-corrected chi connectivity index (χ0v) is 11.7. The fourth-order valence-electron chi connectivity index (χ4n) is 3.21. The van der Waals surface area contributed by atoms with Crippen molar-refractivity contribution in [3.63, 3.8) is 0 Å². The zero-order valence-electron chi connectivity index (χ0n) is 11.7. The molecule has 2 unspecified atom stereocenters. The largest absolute Gasteiger partial charge is 0.300 e. The predicted molar refractivity (Wildman–Crippen MR) is 69.4 cm³/mol. The van der Waals surface area contributed by atoms with Gasteiger partial charge in [0.25, 0.3) is 0 Å². The lowest BCUT2D eigenvalue weighted by Gasteiger charge is -2.32. The highest BCUT2D eigenvalue weighted by molar-refractivity contribution is 5.78. The van der Waals surface area contributed by atoms with Crippen molar-refractivity contribution in [1.29, 1.82) is 0 Å². The van der Waals surface area contributed by atoms with Gasteiger partial charge in [-0.25, -0.2) is 0 Å². The number of carbonyl (C=O) groups is 1. The van der Waals surface area contributed by atoms with E-state index in [9.17, 15) is 4.79 Å². The molecule has 1 fully saturated rings. The van der Waals surface area contributed by atoms with Gasteiger partial charge < -0.3 is 0 Å². The van der Waals surface area contributed by atoms with Crippen LogP contribution in [-0.2, 0) is 4.79 Å². The molecule has 1 saturated carbocycles. The third-order valence-electron chi connectivity index (χ3n) is 5.20. The Kier molecular flexibility index (Phi) is 4.58. The maximum Gasteiger partial charge on any atom is 0.132 e. The van der Waals surface area contributed by atoms with E-state index in [0.29, 0.717) is 17.1 Å². The van der Waals surface area contributed by atoms with Crippen LogP contribution in [-0.4, -0.2) is 5.78 Å². The number of Topliss-reactive ketones (excluding diaryl/α,β-unsaturated/α-hetero) is 1. The highest BCUT2D eigenvalue weighted by Crippen LogP contribution is 2.49. The smallest absolute Gasteiger partial charge is 0.132 e. The van der Waals surface area contributed by atoms with Gasteiger partial charge in [0.1, 0.15) is 5.78 Å². The van der Waals surface area contributed by atoms with Crippen LogP contribution in [0.3, 0.4) is 0 Å². The summed E-state index contributed by atoms with van der Waals surface area (Å²) in [5, 5.41) is 0. The first-order valence-electron chi connectivity index (χ1n) is 6.90. The summed E-state index contributed by atoms with van der Waals surface area (Å²) in [6.07, 6.45) is 6.09. The second-order valence-corrected chi connectivity index (χ2v) is 6.29. The maximum atomic E-state index is 11.4. The minimum absolute atomic E-state index is 0.312. The Labute approximate surface area is 101 Å². The molecule has 16 heavy (non-hydrogen) atoms. The number of rotatable bonds is 5. The molecule has 0 aliphatic heterocycles. The number of hydrogen-bond acceptors (Lipinski definition) is 1. The van der Waals surface area contributed by atoms with Crippen LogP contribution in [0.5, 0.6) is 0 Å². The van der Waals surface area contributed by atoms with E-state index in [0.717, 1.165) is 24.7 Å². The molecule has 0 radical (unpaired) electrons. The molecule has 0 aromatic rings. The van der Waals surface area contributed by atoms with Gasteiger partial charge in [0, 0.05) is 5.92 Å². The van der Waals surface area contributed by atoms with Gasteiger partial charge in [-0.15, -0.1) is 0 Å². The van der Waals surface area contributed by atoms with Gasteiger partial charge in [-0.2, -0.15) is 0 Å². The SMILES string of the molecule is CCC(CC[C@H]1CCC(C)C1(C)C)C(C)=O. The third kappa shape index (κ3) is 2.87. The molecule has 1 nitrogen and oxygen atoms in total. The molecule has 0 N–H and O–H groups in total. The van der Waals surface area contributed by atoms with E-state index >= 15 is 0 Å². The molecule has 1 heteroatoms. The molecule has 0 heterocycles. The van der Waals surface area contributed by atoms with Crippen LogP contribution < -0.4 is 0 Å². The predicted octanol–water partition coefficient (Wildman–Crippen LogP) is 4.45. The van der Waals surface area contributed by atoms with E-state index in [4.69, 9.17) is 0 Å². The van der Waals surface area contributed by atoms with Crippen molar-refractivity contribution in [2.75, 3.05) is 0 Å². The first-order chi connectivity index (χ1) is 7.39. The lowest BCUT2D eigenvalue weighted by molar-refractivity contribution is -0.121. The molecule has 0 bridgehead atoms. The van der Waals surface area contributed by atoms with Crippen LogP contribution in [0.25, 0.3) is 0 Å². The molecule has 0 aromatic heterocycles. The summed E-state index contributed by atoms with van der Waals surface area (Å²) in [6, 6.07) is 0. The van der Waals surface area contributed by atoms with Gasteiger partial charge >= 0.3 is 0 Å². The summed E-state index contributed by atoms with van der Waals surface area (Å²) in [5.41, 5.74) is 0.481. The van der Waals surface area contributed by atoms with E-state index in [-0.39, 0.29) is 0 Å². The van der Waals surface area contributed by atoms with Crippen LogP contribution >= 0.6 is 0 Å². The third-order valence-corrected chi connectivity index (χ3v) is 5.20. The molecule has 0 spiro atoms. The fourth-order valence-corrected chi connectivity index (χ4v) is 3.21.